The van der Waals surface area contributed by atoms with Gasteiger partial charge in [0.15, 0.2) is 0 Å². The van der Waals surface area contributed by atoms with Crippen molar-refractivity contribution in [2.75, 3.05) is 13.1 Å². The minimum Gasteiger partial charge on any atom is -0.444 e. The van der Waals surface area contributed by atoms with Crippen molar-refractivity contribution in [2.24, 2.45) is 5.92 Å². The highest BCUT2D eigenvalue weighted by Gasteiger charge is 2.28. The second-order valence-electron chi connectivity index (χ2n) is 8.09. The van der Waals surface area contributed by atoms with E-state index >= 15 is 0 Å². The van der Waals surface area contributed by atoms with Gasteiger partial charge >= 0.3 is 6.09 Å². The van der Waals surface area contributed by atoms with Gasteiger partial charge in [-0.25, -0.2) is 4.79 Å². The molecular weight excluding hydrogens is 292 g/mol. The van der Waals surface area contributed by atoms with E-state index in [4.69, 9.17) is 9.47 Å². The molecule has 2 aliphatic rings. The standard InChI is InChI=1S/C18H34N2O3/c1-13-9-10-15(22-13)12-19-16-8-6-5-7-14(16)11-20-17(21)23-18(2,3)4/h13-16,19H,5-12H2,1-4H3,(H,20,21). The first kappa shape index (κ1) is 18.5. The third-order valence-corrected chi connectivity index (χ3v) is 4.74. The van der Waals surface area contributed by atoms with Crippen LogP contribution < -0.4 is 10.6 Å². The van der Waals surface area contributed by atoms with Crippen LogP contribution in [0, 0.1) is 5.92 Å². The average Bonchev–Trinajstić information content (AvgIpc) is 2.87. The smallest absolute Gasteiger partial charge is 0.407 e. The molecule has 1 aliphatic heterocycles. The van der Waals surface area contributed by atoms with Crippen molar-refractivity contribution >= 4 is 6.09 Å². The number of amides is 1. The summed E-state index contributed by atoms with van der Waals surface area (Å²) in [5.74, 6) is 0.482. The van der Waals surface area contributed by atoms with Gasteiger partial charge in [0.2, 0.25) is 0 Å². The molecule has 0 aromatic heterocycles. The Morgan fingerprint density at radius 1 is 1.13 bits per heavy atom. The summed E-state index contributed by atoms with van der Waals surface area (Å²) >= 11 is 0. The van der Waals surface area contributed by atoms with Crippen LogP contribution in [0.2, 0.25) is 0 Å². The molecule has 2 rings (SSSR count). The third kappa shape index (κ3) is 6.68. The summed E-state index contributed by atoms with van der Waals surface area (Å²) in [6.07, 6.45) is 7.62. The minimum absolute atomic E-state index is 0.310. The molecule has 0 bridgehead atoms. The number of ether oxygens (including phenoxy) is 2. The normalized spacial score (nSPS) is 31.8. The average molecular weight is 326 g/mol. The first-order valence-corrected chi connectivity index (χ1v) is 9.19. The van der Waals surface area contributed by atoms with Gasteiger partial charge in [-0.2, -0.15) is 0 Å². The number of hydrogen-bond donors (Lipinski definition) is 2. The Labute approximate surface area is 140 Å². The highest BCUT2D eigenvalue weighted by molar-refractivity contribution is 5.67. The summed E-state index contributed by atoms with van der Waals surface area (Å²) in [5, 5.41) is 6.63. The molecule has 1 heterocycles. The maximum atomic E-state index is 11.8. The van der Waals surface area contributed by atoms with E-state index in [1.165, 1.54) is 25.7 Å². The summed E-state index contributed by atoms with van der Waals surface area (Å²) in [6, 6.07) is 0.471. The largest absolute Gasteiger partial charge is 0.444 e. The van der Waals surface area contributed by atoms with Crippen molar-refractivity contribution in [1.82, 2.24) is 10.6 Å². The van der Waals surface area contributed by atoms with E-state index in [1.54, 1.807) is 0 Å². The van der Waals surface area contributed by atoms with Gasteiger partial charge in [-0.05, 0) is 59.3 Å². The zero-order valence-electron chi connectivity index (χ0n) is 15.2. The maximum Gasteiger partial charge on any atom is 0.407 e. The molecular formula is C18H34N2O3. The zero-order valence-corrected chi connectivity index (χ0v) is 15.2. The molecule has 0 radical (unpaired) electrons. The molecule has 4 unspecified atom stereocenters. The van der Waals surface area contributed by atoms with Gasteiger partial charge in [0.05, 0.1) is 12.2 Å². The van der Waals surface area contributed by atoms with E-state index < -0.39 is 5.60 Å². The van der Waals surface area contributed by atoms with Gasteiger partial charge in [-0.3, -0.25) is 0 Å². The minimum atomic E-state index is -0.440. The number of carbonyl (C=O) groups excluding carboxylic acids is 1. The molecule has 23 heavy (non-hydrogen) atoms. The Hall–Kier alpha value is -0.810. The monoisotopic (exact) mass is 326 g/mol. The molecule has 0 aromatic carbocycles. The van der Waals surface area contributed by atoms with Crippen LogP contribution in [0.4, 0.5) is 4.79 Å². The molecule has 0 spiro atoms. The van der Waals surface area contributed by atoms with Gasteiger partial charge in [0.25, 0.3) is 0 Å². The fourth-order valence-electron chi connectivity index (χ4n) is 3.57. The highest BCUT2D eigenvalue weighted by Crippen LogP contribution is 2.25. The molecule has 1 saturated carbocycles. The lowest BCUT2D eigenvalue weighted by Crippen LogP contribution is -2.46. The number of nitrogens with one attached hydrogen (secondary N) is 2. The van der Waals surface area contributed by atoms with Crippen molar-refractivity contribution in [2.45, 2.75) is 90.1 Å². The van der Waals surface area contributed by atoms with Gasteiger partial charge in [-0.1, -0.05) is 12.8 Å². The molecule has 134 valence electrons. The fourth-order valence-corrected chi connectivity index (χ4v) is 3.57. The van der Waals surface area contributed by atoms with Crippen molar-refractivity contribution in [1.29, 1.82) is 0 Å². The van der Waals surface area contributed by atoms with Crippen LogP contribution in [-0.4, -0.2) is 43.0 Å². The van der Waals surface area contributed by atoms with Gasteiger partial charge < -0.3 is 20.1 Å². The van der Waals surface area contributed by atoms with Crippen LogP contribution >= 0.6 is 0 Å². The third-order valence-electron chi connectivity index (χ3n) is 4.74. The fraction of sp³-hybridized carbons (Fsp3) is 0.944. The van der Waals surface area contributed by atoms with E-state index in [2.05, 4.69) is 17.6 Å². The summed E-state index contributed by atoms with van der Waals surface area (Å²) in [4.78, 5) is 11.8. The molecule has 5 heteroatoms. The molecule has 1 aliphatic carbocycles. The van der Waals surface area contributed by atoms with E-state index in [1.807, 2.05) is 20.8 Å². The molecule has 5 nitrogen and oxygen atoms in total. The number of hydrogen-bond acceptors (Lipinski definition) is 4. The topological polar surface area (TPSA) is 59.6 Å². The zero-order chi connectivity index (χ0) is 16.9. The van der Waals surface area contributed by atoms with Crippen molar-refractivity contribution in [3.8, 4) is 0 Å². The Bertz CT molecular complexity index is 381. The molecule has 1 amide bonds. The number of rotatable bonds is 5. The second kappa shape index (κ2) is 8.34. The lowest BCUT2D eigenvalue weighted by atomic mass is 9.84. The highest BCUT2D eigenvalue weighted by atomic mass is 16.6. The van der Waals surface area contributed by atoms with Crippen LogP contribution in [0.15, 0.2) is 0 Å². The molecule has 4 atom stereocenters. The van der Waals surface area contributed by atoms with Gasteiger partial charge in [0, 0.05) is 19.1 Å². The molecule has 2 fully saturated rings. The summed E-state index contributed by atoms with van der Waals surface area (Å²) in [7, 11) is 0. The number of alkyl carbamates (subject to hydrolysis) is 1. The van der Waals surface area contributed by atoms with Crippen LogP contribution in [0.25, 0.3) is 0 Å². The first-order valence-electron chi connectivity index (χ1n) is 9.19. The Morgan fingerprint density at radius 3 is 2.52 bits per heavy atom. The number of carbonyl (C=O) groups is 1. The summed E-state index contributed by atoms with van der Waals surface area (Å²) in [6.45, 7) is 9.43. The van der Waals surface area contributed by atoms with Crippen molar-refractivity contribution < 1.29 is 14.3 Å². The predicted molar refractivity (Wildman–Crippen MR) is 91.6 cm³/mol. The van der Waals surface area contributed by atoms with E-state index in [0.29, 0.717) is 30.7 Å². The van der Waals surface area contributed by atoms with Crippen LogP contribution in [0.1, 0.15) is 66.2 Å². The summed E-state index contributed by atoms with van der Waals surface area (Å²) in [5.41, 5.74) is -0.440. The lowest BCUT2D eigenvalue weighted by molar-refractivity contribution is 0.0473. The van der Waals surface area contributed by atoms with E-state index in [9.17, 15) is 4.79 Å². The quantitative estimate of drug-likeness (QED) is 0.814. The van der Waals surface area contributed by atoms with Crippen LogP contribution in [0.5, 0.6) is 0 Å². The Kier molecular flexibility index (Phi) is 6.72. The van der Waals surface area contributed by atoms with Crippen LogP contribution in [0.3, 0.4) is 0 Å². The maximum absolute atomic E-state index is 11.8. The van der Waals surface area contributed by atoms with E-state index in [-0.39, 0.29) is 6.09 Å². The van der Waals surface area contributed by atoms with E-state index in [0.717, 1.165) is 19.4 Å². The molecule has 1 saturated heterocycles. The molecule has 2 N–H and O–H groups in total. The lowest BCUT2D eigenvalue weighted by Gasteiger charge is -2.33. The predicted octanol–water partition coefficient (Wildman–Crippen LogP) is 3.23. The first-order chi connectivity index (χ1) is 10.8. The van der Waals surface area contributed by atoms with Crippen LogP contribution in [-0.2, 0) is 9.47 Å². The van der Waals surface area contributed by atoms with Crippen molar-refractivity contribution in [3.63, 3.8) is 0 Å². The van der Waals surface area contributed by atoms with Crippen molar-refractivity contribution in [3.05, 3.63) is 0 Å². The van der Waals surface area contributed by atoms with Gasteiger partial charge in [0.1, 0.15) is 5.60 Å². The Morgan fingerprint density at radius 2 is 1.87 bits per heavy atom. The van der Waals surface area contributed by atoms with Gasteiger partial charge in [-0.15, -0.1) is 0 Å². The second-order valence-corrected chi connectivity index (χ2v) is 8.09. The SMILES string of the molecule is CC1CCC(CNC2CCCCC2CNC(=O)OC(C)(C)C)O1. The summed E-state index contributed by atoms with van der Waals surface area (Å²) < 4.78 is 11.2. The molecule has 0 aromatic rings. The Balaban J connectivity index is 1.73.